The van der Waals surface area contributed by atoms with Gasteiger partial charge in [-0.25, -0.2) is 0 Å². The van der Waals surface area contributed by atoms with E-state index in [2.05, 4.69) is 5.32 Å². The van der Waals surface area contributed by atoms with Crippen LogP contribution in [0.2, 0.25) is 5.02 Å². The smallest absolute Gasteiger partial charge is 0.230 e. The number of benzene rings is 1. The van der Waals surface area contributed by atoms with E-state index in [4.69, 9.17) is 16.3 Å². The first kappa shape index (κ1) is 15.8. The van der Waals surface area contributed by atoms with Crippen molar-refractivity contribution in [2.24, 2.45) is 5.41 Å². The molecule has 0 unspecified atom stereocenters. The lowest BCUT2D eigenvalue weighted by molar-refractivity contribution is -0.130. The molecule has 1 aliphatic carbocycles. The average Bonchev–Trinajstić information content (AvgIpc) is 3.34. The first-order chi connectivity index (χ1) is 10.6. The number of carbonyl (C=O) groups excluding carboxylic acids is 1. The number of rotatable bonds is 5. The van der Waals surface area contributed by atoms with Gasteiger partial charge >= 0.3 is 0 Å². The van der Waals surface area contributed by atoms with Crippen LogP contribution in [-0.2, 0) is 14.9 Å². The van der Waals surface area contributed by atoms with Gasteiger partial charge in [0, 0.05) is 30.2 Å². The van der Waals surface area contributed by atoms with Crippen molar-refractivity contribution in [3.8, 4) is 0 Å². The summed E-state index contributed by atoms with van der Waals surface area (Å²) in [5, 5.41) is 13.1. The van der Waals surface area contributed by atoms with Crippen molar-refractivity contribution in [2.45, 2.75) is 31.1 Å². The Labute approximate surface area is 135 Å². The van der Waals surface area contributed by atoms with Gasteiger partial charge < -0.3 is 15.2 Å². The van der Waals surface area contributed by atoms with E-state index >= 15 is 0 Å². The van der Waals surface area contributed by atoms with E-state index in [0.29, 0.717) is 37.6 Å². The van der Waals surface area contributed by atoms with Crippen LogP contribution in [0, 0.1) is 5.41 Å². The van der Waals surface area contributed by atoms with Gasteiger partial charge in [0.15, 0.2) is 0 Å². The number of ether oxygens (including phenoxy) is 1. The fraction of sp³-hybridized carbons (Fsp3) is 0.588. The topological polar surface area (TPSA) is 58.6 Å². The van der Waals surface area contributed by atoms with Crippen LogP contribution in [0.1, 0.15) is 31.2 Å². The third-order valence-corrected chi connectivity index (χ3v) is 5.35. The van der Waals surface area contributed by atoms with E-state index in [9.17, 15) is 9.90 Å². The Kier molecular flexibility index (Phi) is 4.44. The maximum absolute atomic E-state index is 12.9. The lowest BCUT2D eigenvalue weighted by Gasteiger charge is -2.36. The predicted octanol–water partition coefficient (Wildman–Crippen LogP) is 2.28. The molecule has 1 aliphatic heterocycles. The van der Waals surface area contributed by atoms with Crippen LogP contribution in [0.25, 0.3) is 0 Å². The highest BCUT2D eigenvalue weighted by atomic mass is 35.5. The van der Waals surface area contributed by atoms with Crippen molar-refractivity contribution < 1.29 is 14.6 Å². The van der Waals surface area contributed by atoms with Crippen molar-refractivity contribution in [3.05, 3.63) is 34.9 Å². The van der Waals surface area contributed by atoms with E-state index in [0.717, 1.165) is 18.4 Å². The van der Waals surface area contributed by atoms with Crippen molar-refractivity contribution in [2.75, 3.05) is 26.4 Å². The van der Waals surface area contributed by atoms with Gasteiger partial charge in [0.05, 0.1) is 12.0 Å². The predicted molar refractivity (Wildman–Crippen MR) is 84.9 cm³/mol. The first-order valence-electron chi connectivity index (χ1n) is 7.83. The summed E-state index contributed by atoms with van der Waals surface area (Å²) >= 11 is 5.97. The van der Waals surface area contributed by atoms with Crippen molar-refractivity contribution in [3.63, 3.8) is 0 Å². The maximum atomic E-state index is 12.9. The van der Waals surface area contributed by atoms with E-state index in [-0.39, 0.29) is 17.9 Å². The Morgan fingerprint density at radius 2 is 1.82 bits per heavy atom. The van der Waals surface area contributed by atoms with E-state index in [1.807, 2.05) is 24.3 Å². The Morgan fingerprint density at radius 3 is 2.36 bits per heavy atom. The second-order valence-electron chi connectivity index (χ2n) is 6.54. The summed E-state index contributed by atoms with van der Waals surface area (Å²) in [6.07, 6.45) is 3.32. The number of aliphatic hydroxyl groups is 1. The molecule has 0 spiro atoms. The quantitative estimate of drug-likeness (QED) is 0.874. The average molecular weight is 324 g/mol. The summed E-state index contributed by atoms with van der Waals surface area (Å²) < 4.78 is 5.45. The van der Waals surface area contributed by atoms with Gasteiger partial charge in [-0.2, -0.15) is 0 Å². The summed E-state index contributed by atoms with van der Waals surface area (Å²) in [5.74, 6) is 0.0397. The zero-order chi connectivity index (χ0) is 15.6. The second kappa shape index (κ2) is 6.19. The SMILES string of the molecule is O=C(NCC1(CO)CC1)C1(c2ccc(Cl)cc2)CCOCC1. The number of halogens is 1. The fourth-order valence-electron chi connectivity index (χ4n) is 3.14. The summed E-state index contributed by atoms with van der Waals surface area (Å²) in [7, 11) is 0. The van der Waals surface area contributed by atoms with Gasteiger partial charge in [-0.3, -0.25) is 4.79 Å². The summed E-state index contributed by atoms with van der Waals surface area (Å²) in [6.45, 7) is 1.87. The second-order valence-corrected chi connectivity index (χ2v) is 6.98. The molecule has 2 fully saturated rings. The molecule has 0 radical (unpaired) electrons. The normalized spacial score (nSPS) is 22.1. The van der Waals surface area contributed by atoms with Gasteiger partial charge in [0.25, 0.3) is 0 Å². The molecule has 1 saturated carbocycles. The van der Waals surface area contributed by atoms with E-state index < -0.39 is 5.41 Å². The lowest BCUT2D eigenvalue weighted by Crippen LogP contribution is -2.49. The van der Waals surface area contributed by atoms with Gasteiger partial charge in [-0.15, -0.1) is 0 Å². The Balaban J connectivity index is 1.79. The minimum atomic E-state index is -0.547. The van der Waals surface area contributed by atoms with Crippen molar-refractivity contribution >= 4 is 17.5 Å². The molecular formula is C17H22ClNO3. The molecular weight excluding hydrogens is 302 g/mol. The largest absolute Gasteiger partial charge is 0.396 e. The third-order valence-electron chi connectivity index (χ3n) is 5.09. The molecule has 1 heterocycles. The summed E-state index contributed by atoms with van der Waals surface area (Å²) in [4.78, 5) is 12.9. The zero-order valence-electron chi connectivity index (χ0n) is 12.6. The molecule has 2 aliphatic rings. The highest BCUT2D eigenvalue weighted by Crippen LogP contribution is 2.44. The Morgan fingerprint density at radius 1 is 1.18 bits per heavy atom. The molecule has 5 heteroatoms. The minimum absolute atomic E-state index is 0.0397. The van der Waals surface area contributed by atoms with Crippen LogP contribution >= 0.6 is 11.6 Å². The minimum Gasteiger partial charge on any atom is -0.396 e. The summed E-state index contributed by atoms with van der Waals surface area (Å²) in [5.41, 5.74) is 0.364. The van der Waals surface area contributed by atoms with Crippen LogP contribution < -0.4 is 5.32 Å². The lowest BCUT2D eigenvalue weighted by atomic mass is 9.73. The number of nitrogens with one attached hydrogen (secondary N) is 1. The van der Waals surface area contributed by atoms with Crippen LogP contribution in [-0.4, -0.2) is 37.4 Å². The highest BCUT2D eigenvalue weighted by Gasteiger charge is 2.45. The molecule has 4 nitrogen and oxygen atoms in total. The molecule has 1 amide bonds. The van der Waals surface area contributed by atoms with E-state index in [1.165, 1.54) is 0 Å². The number of carbonyl (C=O) groups is 1. The fourth-order valence-corrected chi connectivity index (χ4v) is 3.27. The monoisotopic (exact) mass is 323 g/mol. The molecule has 120 valence electrons. The number of aliphatic hydroxyl groups excluding tert-OH is 1. The molecule has 1 saturated heterocycles. The maximum Gasteiger partial charge on any atom is 0.230 e. The van der Waals surface area contributed by atoms with Gasteiger partial charge in [-0.1, -0.05) is 23.7 Å². The number of hydrogen-bond acceptors (Lipinski definition) is 3. The summed E-state index contributed by atoms with van der Waals surface area (Å²) in [6, 6.07) is 7.54. The van der Waals surface area contributed by atoms with Gasteiger partial charge in [-0.05, 0) is 43.4 Å². The Hall–Kier alpha value is -1.10. The number of hydrogen-bond donors (Lipinski definition) is 2. The Bertz CT molecular complexity index is 533. The number of amides is 1. The molecule has 0 aromatic heterocycles. The third kappa shape index (κ3) is 3.00. The van der Waals surface area contributed by atoms with E-state index in [1.54, 1.807) is 0 Å². The van der Waals surface area contributed by atoms with Gasteiger partial charge in [0.2, 0.25) is 5.91 Å². The molecule has 1 aromatic carbocycles. The molecule has 2 N–H and O–H groups in total. The molecule has 1 aromatic rings. The molecule has 3 rings (SSSR count). The van der Waals surface area contributed by atoms with Gasteiger partial charge in [0.1, 0.15) is 0 Å². The first-order valence-corrected chi connectivity index (χ1v) is 8.21. The van der Waals surface area contributed by atoms with Crippen molar-refractivity contribution in [1.29, 1.82) is 0 Å². The standard InChI is InChI=1S/C17H22ClNO3/c18-14-3-1-13(2-4-14)17(7-9-22-10-8-17)15(21)19-11-16(12-20)5-6-16/h1-4,20H,5-12H2,(H,19,21). The van der Waals surface area contributed by atoms with Crippen molar-refractivity contribution in [1.82, 2.24) is 5.32 Å². The van der Waals surface area contributed by atoms with Crippen LogP contribution in [0.15, 0.2) is 24.3 Å². The van der Waals surface area contributed by atoms with Crippen LogP contribution in [0.4, 0.5) is 0 Å². The molecule has 0 bridgehead atoms. The van der Waals surface area contributed by atoms with Crippen LogP contribution in [0.3, 0.4) is 0 Å². The molecule has 22 heavy (non-hydrogen) atoms. The van der Waals surface area contributed by atoms with Crippen LogP contribution in [0.5, 0.6) is 0 Å². The highest BCUT2D eigenvalue weighted by molar-refractivity contribution is 6.30. The molecule has 0 atom stereocenters. The zero-order valence-corrected chi connectivity index (χ0v) is 13.4.